The fraction of sp³-hybridized carbons (Fsp3) is 0.250. The zero-order valence-electron chi connectivity index (χ0n) is 18.7. The largest absolute Gasteiger partial charge is 0.479 e. The second-order valence-electron chi connectivity index (χ2n) is 7.81. The molecule has 35 heavy (non-hydrogen) atoms. The molecule has 1 aliphatic rings. The lowest BCUT2D eigenvalue weighted by Crippen LogP contribution is -2.50. The number of nitrogens with zero attached hydrogens (tertiary/aromatic N) is 4. The molecule has 0 spiro atoms. The van der Waals surface area contributed by atoms with Gasteiger partial charge >= 0.3 is 6.18 Å². The van der Waals surface area contributed by atoms with Crippen LogP contribution in [-0.4, -0.2) is 45.0 Å². The van der Waals surface area contributed by atoms with E-state index < -0.39 is 29.5 Å². The fourth-order valence-electron chi connectivity index (χ4n) is 3.95. The van der Waals surface area contributed by atoms with Crippen molar-refractivity contribution in [2.45, 2.75) is 24.9 Å². The Morgan fingerprint density at radius 1 is 1.23 bits per heavy atom. The molecule has 1 aliphatic heterocycles. The highest BCUT2D eigenvalue weighted by atomic mass is 19.4. The number of imidazole rings is 1. The van der Waals surface area contributed by atoms with Gasteiger partial charge in [0.15, 0.2) is 0 Å². The van der Waals surface area contributed by atoms with Crippen molar-refractivity contribution in [1.82, 2.24) is 25.0 Å². The summed E-state index contributed by atoms with van der Waals surface area (Å²) in [5.41, 5.74) is 2.63. The molecule has 4 rings (SSSR count). The van der Waals surface area contributed by atoms with Gasteiger partial charge in [-0.3, -0.25) is 20.0 Å². The van der Waals surface area contributed by atoms with Crippen molar-refractivity contribution < 1.29 is 27.5 Å². The molecule has 0 bridgehead atoms. The molecule has 1 atom stereocenters. The summed E-state index contributed by atoms with van der Waals surface area (Å²) in [6.45, 7) is 0.203. The molecule has 3 aromatic rings. The number of hydrogen-bond acceptors (Lipinski definition) is 5. The van der Waals surface area contributed by atoms with Gasteiger partial charge < -0.3 is 9.30 Å². The number of nitrogens with one attached hydrogen (secondary N) is 1. The Labute approximate surface area is 199 Å². The molecule has 0 aliphatic carbocycles. The van der Waals surface area contributed by atoms with E-state index in [2.05, 4.69) is 15.4 Å². The molecule has 2 amide bonds. The van der Waals surface area contributed by atoms with Gasteiger partial charge in [-0.1, -0.05) is 18.2 Å². The number of carbonyl (C=O) groups excluding carboxylic acids is 2. The Hall–Kier alpha value is -4.15. The predicted molar refractivity (Wildman–Crippen MR) is 120 cm³/mol. The third-order valence-corrected chi connectivity index (χ3v) is 5.57. The molecular formula is C24H22F3N5O3. The second-order valence-corrected chi connectivity index (χ2v) is 7.81. The van der Waals surface area contributed by atoms with Crippen molar-refractivity contribution in [1.29, 1.82) is 0 Å². The number of rotatable bonds is 6. The van der Waals surface area contributed by atoms with Gasteiger partial charge in [0.2, 0.25) is 11.8 Å². The van der Waals surface area contributed by atoms with Gasteiger partial charge in [0.25, 0.3) is 5.91 Å². The number of hydrogen-bond donors (Lipinski definition) is 1. The third-order valence-electron chi connectivity index (χ3n) is 5.57. The first-order chi connectivity index (χ1) is 16.8. The topological polar surface area (TPSA) is 89.4 Å². The number of carbonyl (C=O) groups is 2. The molecule has 1 N–H and O–H groups in total. The summed E-state index contributed by atoms with van der Waals surface area (Å²) in [6, 6.07) is 8.46. The van der Waals surface area contributed by atoms with Crippen molar-refractivity contribution in [3.63, 3.8) is 0 Å². The molecular weight excluding hydrogens is 463 g/mol. The van der Waals surface area contributed by atoms with Crippen LogP contribution in [0.25, 0.3) is 11.8 Å². The summed E-state index contributed by atoms with van der Waals surface area (Å²) in [7, 11) is 1.47. The Kier molecular flexibility index (Phi) is 6.85. The molecule has 1 saturated heterocycles. The van der Waals surface area contributed by atoms with Crippen molar-refractivity contribution >= 4 is 17.9 Å². The van der Waals surface area contributed by atoms with Crippen LogP contribution in [0.3, 0.4) is 0 Å². The second kappa shape index (κ2) is 10.00. The van der Waals surface area contributed by atoms with Crippen LogP contribution < -0.4 is 10.2 Å². The molecule has 11 heteroatoms. The minimum Gasteiger partial charge on any atom is -0.479 e. The van der Waals surface area contributed by atoms with Gasteiger partial charge in [-0.2, -0.15) is 13.2 Å². The van der Waals surface area contributed by atoms with Gasteiger partial charge in [0.1, 0.15) is 5.69 Å². The van der Waals surface area contributed by atoms with Crippen LogP contribution in [0.2, 0.25) is 0 Å². The van der Waals surface area contributed by atoms with E-state index in [0.717, 1.165) is 11.1 Å². The molecule has 1 fully saturated rings. The lowest BCUT2D eigenvalue weighted by Gasteiger charge is -2.33. The van der Waals surface area contributed by atoms with Crippen LogP contribution in [0.1, 0.15) is 35.6 Å². The maximum atomic E-state index is 13.4. The number of piperidine rings is 1. The van der Waals surface area contributed by atoms with Crippen LogP contribution in [0.15, 0.2) is 61.2 Å². The van der Waals surface area contributed by atoms with Gasteiger partial charge in [-0.05, 0) is 42.7 Å². The average molecular weight is 485 g/mol. The number of hydrazine groups is 1. The molecule has 1 unspecified atom stereocenters. The van der Waals surface area contributed by atoms with Gasteiger partial charge in [0.05, 0.1) is 30.6 Å². The number of ether oxygens (including phenoxy) is 1. The minimum absolute atomic E-state index is 0.0891. The molecule has 3 heterocycles. The zero-order valence-corrected chi connectivity index (χ0v) is 18.7. The smallest absolute Gasteiger partial charge is 0.416 e. The first kappa shape index (κ1) is 24.0. The molecule has 2 aromatic heterocycles. The number of alkyl halides is 3. The lowest BCUT2D eigenvalue weighted by molar-refractivity contribution is -0.145. The van der Waals surface area contributed by atoms with Gasteiger partial charge in [0, 0.05) is 25.0 Å². The van der Waals surface area contributed by atoms with Crippen LogP contribution in [0.5, 0.6) is 5.88 Å². The highest BCUT2D eigenvalue weighted by molar-refractivity contribution is 5.94. The van der Waals surface area contributed by atoms with Crippen LogP contribution >= 0.6 is 0 Å². The Balaban J connectivity index is 1.45. The summed E-state index contributed by atoms with van der Waals surface area (Å²) in [4.78, 5) is 33.7. The van der Waals surface area contributed by atoms with E-state index in [0.29, 0.717) is 23.7 Å². The Morgan fingerprint density at radius 3 is 2.74 bits per heavy atom. The van der Waals surface area contributed by atoms with E-state index in [-0.39, 0.29) is 18.5 Å². The summed E-state index contributed by atoms with van der Waals surface area (Å²) in [5, 5.41) is 1.07. The molecule has 0 radical (unpaired) electrons. The monoisotopic (exact) mass is 485 g/mol. The van der Waals surface area contributed by atoms with E-state index >= 15 is 0 Å². The van der Waals surface area contributed by atoms with Crippen LogP contribution in [0.4, 0.5) is 13.2 Å². The maximum absolute atomic E-state index is 13.4. The van der Waals surface area contributed by atoms with E-state index in [1.54, 1.807) is 35.4 Å². The molecule has 1 aromatic carbocycles. The summed E-state index contributed by atoms with van der Waals surface area (Å²) in [6.07, 6.45) is 3.72. The van der Waals surface area contributed by atoms with Gasteiger partial charge in [-0.15, -0.1) is 0 Å². The number of pyridine rings is 1. The van der Waals surface area contributed by atoms with Crippen molar-refractivity contribution in [2.75, 3.05) is 13.7 Å². The van der Waals surface area contributed by atoms with E-state index in [1.807, 2.05) is 0 Å². The van der Waals surface area contributed by atoms with E-state index in [4.69, 9.17) is 4.74 Å². The van der Waals surface area contributed by atoms with Crippen molar-refractivity contribution in [2.24, 2.45) is 0 Å². The highest BCUT2D eigenvalue weighted by Gasteiger charge is 2.39. The average Bonchev–Trinajstić information content (AvgIpc) is 3.38. The normalized spacial score (nSPS) is 16.5. The first-order valence-electron chi connectivity index (χ1n) is 10.8. The predicted octanol–water partition coefficient (Wildman–Crippen LogP) is 3.75. The van der Waals surface area contributed by atoms with Crippen LogP contribution in [-0.2, 0) is 15.8 Å². The van der Waals surface area contributed by atoms with Gasteiger partial charge in [-0.25, -0.2) is 9.97 Å². The number of amides is 2. The molecule has 0 saturated carbocycles. The number of halogens is 3. The highest BCUT2D eigenvalue weighted by Crippen LogP contribution is 2.38. The standard InChI is InChI=1S/C24H22F3N5O3/c1-35-22-20(31-14-12-28-15-31)10-8-16(29-22)9-11-21(33)30-32-13-4-6-18(23(32)34)17-5-2-3-7-19(17)24(25,26)27/h2-3,5,7-12,14-15,18H,4,6,13H2,1H3,(H,30,33)/b11-9+. The van der Waals surface area contributed by atoms with E-state index in [1.165, 1.54) is 37.5 Å². The minimum atomic E-state index is -4.58. The number of methoxy groups -OCH3 is 1. The summed E-state index contributed by atoms with van der Waals surface area (Å²) >= 11 is 0. The number of aromatic nitrogens is 3. The van der Waals surface area contributed by atoms with Crippen LogP contribution in [0, 0.1) is 0 Å². The maximum Gasteiger partial charge on any atom is 0.416 e. The molecule has 182 valence electrons. The fourth-order valence-corrected chi connectivity index (χ4v) is 3.95. The van der Waals surface area contributed by atoms with E-state index in [9.17, 15) is 22.8 Å². The first-order valence-corrected chi connectivity index (χ1v) is 10.8. The summed E-state index contributed by atoms with van der Waals surface area (Å²) < 4.78 is 47.3. The quantitative estimate of drug-likeness (QED) is 0.538. The SMILES string of the molecule is COc1nc(/C=C/C(=O)NN2CCCC(c3ccccc3C(F)(F)F)C2=O)ccc1-n1ccnc1. The molecule has 8 nitrogen and oxygen atoms in total. The lowest BCUT2D eigenvalue weighted by atomic mass is 9.87. The number of benzene rings is 1. The zero-order chi connectivity index (χ0) is 25.0. The van der Waals surface area contributed by atoms with Crippen molar-refractivity contribution in [3.8, 4) is 11.6 Å². The Bertz CT molecular complexity index is 1240. The van der Waals surface area contributed by atoms with Crippen molar-refractivity contribution in [3.05, 3.63) is 78.0 Å². The third kappa shape index (κ3) is 5.34. The Morgan fingerprint density at radius 2 is 2.03 bits per heavy atom. The summed E-state index contributed by atoms with van der Waals surface area (Å²) in [5.74, 6) is -1.86.